The lowest BCUT2D eigenvalue weighted by Gasteiger charge is -2.16. The number of hydrogen-bond acceptors (Lipinski definition) is 6. The summed E-state index contributed by atoms with van der Waals surface area (Å²) in [7, 11) is 3.32. The van der Waals surface area contributed by atoms with Crippen LogP contribution < -0.4 is 4.74 Å². The molecule has 1 saturated heterocycles. The van der Waals surface area contributed by atoms with Crippen LogP contribution in [0.25, 0.3) is 22.4 Å². The van der Waals surface area contributed by atoms with Gasteiger partial charge in [0.25, 0.3) is 5.91 Å². The SMILES string of the molecule is COc1cc2c(cc1-c1cccc(-c3cc(C4(O)CCN(C)C4=O)on3)c1)COC2. The first-order chi connectivity index (χ1) is 14.5. The number of likely N-dealkylation sites (tertiary alicyclic amines) is 1. The Morgan fingerprint density at radius 1 is 1.13 bits per heavy atom. The van der Waals surface area contributed by atoms with Crippen molar-refractivity contribution in [3.8, 4) is 28.1 Å². The largest absolute Gasteiger partial charge is 0.496 e. The second-order valence-corrected chi connectivity index (χ2v) is 7.81. The van der Waals surface area contributed by atoms with E-state index in [1.807, 2.05) is 30.3 Å². The minimum absolute atomic E-state index is 0.171. The summed E-state index contributed by atoms with van der Waals surface area (Å²) in [6, 6.07) is 13.6. The van der Waals surface area contributed by atoms with E-state index in [9.17, 15) is 9.90 Å². The van der Waals surface area contributed by atoms with Gasteiger partial charge < -0.3 is 24.0 Å². The van der Waals surface area contributed by atoms with Crippen LogP contribution in [0.1, 0.15) is 23.3 Å². The van der Waals surface area contributed by atoms with E-state index in [0.717, 1.165) is 33.6 Å². The van der Waals surface area contributed by atoms with Gasteiger partial charge in [0, 0.05) is 37.2 Å². The number of aliphatic hydroxyl groups is 1. The van der Waals surface area contributed by atoms with Crippen LogP contribution in [0.15, 0.2) is 47.0 Å². The van der Waals surface area contributed by atoms with E-state index in [4.69, 9.17) is 14.0 Å². The highest BCUT2D eigenvalue weighted by atomic mass is 16.5. The predicted octanol–water partition coefficient (Wildman–Crippen LogP) is 3.10. The Bertz CT molecular complexity index is 1140. The third-order valence-electron chi connectivity index (χ3n) is 5.93. The molecule has 3 heterocycles. The van der Waals surface area contributed by atoms with Crippen LogP contribution in [-0.2, 0) is 28.3 Å². The van der Waals surface area contributed by atoms with Crippen molar-refractivity contribution in [2.24, 2.45) is 0 Å². The first kappa shape index (κ1) is 18.8. The fraction of sp³-hybridized carbons (Fsp3) is 0.304. The van der Waals surface area contributed by atoms with Crippen LogP contribution in [-0.4, -0.2) is 41.8 Å². The normalized spacial score (nSPS) is 20.6. The Morgan fingerprint density at radius 3 is 2.63 bits per heavy atom. The smallest absolute Gasteiger partial charge is 0.262 e. The molecule has 154 valence electrons. The van der Waals surface area contributed by atoms with Crippen molar-refractivity contribution in [2.75, 3.05) is 20.7 Å². The highest BCUT2D eigenvalue weighted by Gasteiger charge is 2.48. The molecule has 0 bridgehead atoms. The zero-order valence-corrected chi connectivity index (χ0v) is 16.8. The standard InChI is InChI=1S/C23H22N2O5/c1-25-7-6-23(27,22(25)26)21-11-19(24-30-21)15-5-3-4-14(8-15)18-9-16-12-29-13-17(16)10-20(18)28-2/h3-5,8-11,27H,6-7,12-13H2,1-2H3. The summed E-state index contributed by atoms with van der Waals surface area (Å²) in [5.74, 6) is 0.583. The molecule has 5 rings (SSSR count). The van der Waals surface area contributed by atoms with Crippen LogP contribution in [0, 0.1) is 0 Å². The van der Waals surface area contributed by atoms with Gasteiger partial charge in [-0.1, -0.05) is 23.4 Å². The van der Waals surface area contributed by atoms with Crippen molar-refractivity contribution in [1.82, 2.24) is 10.1 Å². The minimum atomic E-state index is -1.65. The fourth-order valence-electron chi connectivity index (χ4n) is 4.14. The molecular weight excluding hydrogens is 384 g/mol. The molecule has 2 aliphatic heterocycles. The summed E-state index contributed by atoms with van der Waals surface area (Å²) in [4.78, 5) is 13.8. The lowest BCUT2D eigenvalue weighted by Crippen LogP contribution is -2.35. The van der Waals surface area contributed by atoms with Gasteiger partial charge >= 0.3 is 0 Å². The van der Waals surface area contributed by atoms with E-state index in [1.165, 1.54) is 4.90 Å². The molecule has 1 aromatic heterocycles. The average Bonchev–Trinajstić information content (AvgIpc) is 3.50. The highest BCUT2D eigenvalue weighted by molar-refractivity contribution is 5.88. The van der Waals surface area contributed by atoms with Gasteiger partial charge in [-0.3, -0.25) is 4.79 Å². The van der Waals surface area contributed by atoms with Crippen molar-refractivity contribution < 1.29 is 23.9 Å². The molecule has 1 N–H and O–H groups in total. The Labute approximate surface area is 173 Å². The maximum absolute atomic E-state index is 12.3. The summed E-state index contributed by atoms with van der Waals surface area (Å²) in [6.07, 6.45) is 0.283. The van der Waals surface area contributed by atoms with Gasteiger partial charge in [-0.25, -0.2) is 0 Å². The number of carbonyl (C=O) groups excluding carboxylic acids is 1. The molecule has 1 amide bonds. The number of aromatic nitrogens is 1. The van der Waals surface area contributed by atoms with Crippen LogP contribution in [0.2, 0.25) is 0 Å². The number of fused-ring (bicyclic) bond motifs is 1. The molecule has 2 aromatic carbocycles. The van der Waals surface area contributed by atoms with E-state index in [2.05, 4.69) is 11.2 Å². The van der Waals surface area contributed by atoms with Crippen molar-refractivity contribution >= 4 is 5.91 Å². The number of carbonyl (C=O) groups is 1. The van der Waals surface area contributed by atoms with Crippen molar-refractivity contribution in [1.29, 1.82) is 0 Å². The quantitative estimate of drug-likeness (QED) is 0.717. The van der Waals surface area contributed by atoms with Crippen LogP contribution in [0.5, 0.6) is 5.75 Å². The van der Waals surface area contributed by atoms with E-state index in [-0.39, 0.29) is 18.1 Å². The molecule has 0 spiro atoms. The number of hydrogen-bond donors (Lipinski definition) is 1. The third-order valence-corrected chi connectivity index (χ3v) is 5.93. The van der Waals surface area contributed by atoms with Gasteiger partial charge in [0.15, 0.2) is 5.76 Å². The zero-order valence-electron chi connectivity index (χ0n) is 16.8. The van der Waals surface area contributed by atoms with Crippen LogP contribution in [0.3, 0.4) is 0 Å². The molecule has 1 fully saturated rings. The van der Waals surface area contributed by atoms with Gasteiger partial charge in [-0.2, -0.15) is 0 Å². The molecule has 30 heavy (non-hydrogen) atoms. The number of amides is 1. The first-order valence-corrected chi connectivity index (χ1v) is 9.83. The number of rotatable bonds is 4. The van der Waals surface area contributed by atoms with Gasteiger partial charge in [0.1, 0.15) is 11.4 Å². The summed E-state index contributed by atoms with van der Waals surface area (Å²) in [5, 5.41) is 14.9. The molecular formula is C23H22N2O5. The van der Waals surface area contributed by atoms with E-state index >= 15 is 0 Å². The molecule has 2 aliphatic rings. The number of likely N-dealkylation sites (N-methyl/N-ethyl adjacent to an activating group) is 1. The number of methoxy groups -OCH3 is 1. The number of benzene rings is 2. The van der Waals surface area contributed by atoms with Crippen LogP contribution >= 0.6 is 0 Å². The summed E-state index contributed by atoms with van der Waals surface area (Å²) < 4.78 is 16.5. The molecule has 0 radical (unpaired) electrons. The Morgan fingerprint density at radius 2 is 1.90 bits per heavy atom. The second kappa shape index (κ2) is 6.97. The summed E-state index contributed by atoms with van der Waals surface area (Å²) in [5.41, 5.74) is 3.98. The highest BCUT2D eigenvalue weighted by Crippen LogP contribution is 2.38. The van der Waals surface area contributed by atoms with Gasteiger partial charge in [-0.05, 0) is 34.9 Å². The molecule has 1 atom stereocenters. The van der Waals surface area contributed by atoms with Crippen molar-refractivity contribution in [2.45, 2.75) is 25.2 Å². The summed E-state index contributed by atoms with van der Waals surface area (Å²) in [6.45, 7) is 1.67. The number of ether oxygens (including phenoxy) is 2. The maximum Gasteiger partial charge on any atom is 0.262 e. The van der Waals surface area contributed by atoms with Gasteiger partial charge in [0.2, 0.25) is 5.60 Å². The Hall–Kier alpha value is -3.16. The molecule has 0 saturated carbocycles. The molecule has 1 unspecified atom stereocenters. The monoisotopic (exact) mass is 406 g/mol. The second-order valence-electron chi connectivity index (χ2n) is 7.81. The summed E-state index contributed by atoms with van der Waals surface area (Å²) >= 11 is 0. The van der Waals surface area contributed by atoms with Gasteiger partial charge in [0.05, 0.1) is 20.3 Å². The maximum atomic E-state index is 12.3. The number of nitrogens with zero attached hydrogens (tertiary/aromatic N) is 2. The zero-order chi connectivity index (χ0) is 20.9. The van der Waals surface area contributed by atoms with Crippen molar-refractivity contribution in [3.63, 3.8) is 0 Å². The Kier molecular flexibility index (Phi) is 4.38. The van der Waals surface area contributed by atoms with Crippen molar-refractivity contribution in [3.05, 3.63) is 59.4 Å². The topological polar surface area (TPSA) is 85.0 Å². The predicted molar refractivity (Wildman–Crippen MR) is 109 cm³/mol. The first-order valence-electron chi connectivity index (χ1n) is 9.83. The van der Waals surface area contributed by atoms with Crippen LogP contribution in [0.4, 0.5) is 0 Å². The van der Waals surface area contributed by atoms with Gasteiger partial charge in [-0.15, -0.1) is 0 Å². The van der Waals surface area contributed by atoms with E-state index in [1.54, 1.807) is 20.2 Å². The third kappa shape index (κ3) is 2.89. The Balaban J connectivity index is 1.52. The molecule has 7 heteroatoms. The van der Waals surface area contributed by atoms with E-state index in [0.29, 0.717) is 25.5 Å². The molecule has 0 aliphatic carbocycles. The van der Waals surface area contributed by atoms with E-state index < -0.39 is 5.60 Å². The molecule has 3 aromatic rings. The average molecular weight is 406 g/mol. The molecule has 7 nitrogen and oxygen atoms in total. The lowest BCUT2D eigenvalue weighted by atomic mass is 9.96. The minimum Gasteiger partial charge on any atom is -0.496 e. The fourth-order valence-corrected chi connectivity index (χ4v) is 4.14. The lowest BCUT2D eigenvalue weighted by molar-refractivity contribution is -0.144.